The molecule has 1 saturated heterocycles. The summed E-state index contributed by atoms with van der Waals surface area (Å²) in [6, 6.07) is 14.3. The van der Waals surface area contributed by atoms with Crippen LogP contribution in [0.5, 0.6) is 0 Å². The first-order chi connectivity index (χ1) is 14.1. The Balaban J connectivity index is 1.75. The maximum atomic E-state index is 12.7. The minimum atomic E-state index is -0.467. The Morgan fingerprint density at radius 2 is 1.83 bits per heavy atom. The van der Waals surface area contributed by atoms with Crippen molar-refractivity contribution in [1.29, 1.82) is 0 Å². The second kappa shape index (κ2) is 6.89. The second-order valence-electron chi connectivity index (χ2n) is 7.23. The van der Waals surface area contributed by atoms with Gasteiger partial charge >= 0.3 is 5.69 Å². The number of anilines is 1. The molecule has 0 amide bonds. The van der Waals surface area contributed by atoms with Crippen LogP contribution in [0.4, 0.5) is 5.95 Å². The lowest BCUT2D eigenvalue weighted by Gasteiger charge is -2.28. The molecule has 2 aromatic carbocycles. The van der Waals surface area contributed by atoms with E-state index in [-0.39, 0.29) is 0 Å². The fourth-order valence-electron chi connectivity index (χ4n) is 3.98. The van der Waals surface area contributed by atoms with Crippen molar-refractivity contribution < 1.29 is 4.74 Å². The lowest BCUT2D eigenvalue weighted by atomic mass is 10.0. The molecule has 2 aromatic heterocycles. The van der Waals surface area contributed by atoms with Gasteiger partial charge in [0.25, 0.3) is 5.56 Å². The van der Waals surface area contributed by atoms with Crippen molar-refractivity contribution in [3.63, 3.8) is 0 Å². The molecule has 0 atom stereocenters. The van der Waals surface area contributed by atoms with E-state index in [2.05, 4.69) is 34.1 Å². The molecule has 1 aliphatic heterocycles. The van der Waals surface area contributed by atoms with E-state index in [1.807, 2.05) is 22.8 Å². The van der Waals surface area contributed by atoms with Crippen LogP contribution in [0.3, 0.4) is 0 Å². The van der Waals surface area contributed by atoms with Gasteiger partial charge in [-0.15, -0.1) is 0 Å². The maximum Gasteiger partial charge on any atom is 0.329 e. The van der Waals surface area contributed by atoms with Gasteiger partial charge in [0.15, 0.2) is 11.2 Å². The number of imidazole rings is 1. The summed E-state index contributed by atoms with van der Waals surface area (Å²) in [5.41, 5.74) is 0.994. The summed E-state index contributed by atoms with van der Waals surface area (Å²) in [7, 11) is 1.62. The molecule has 0 aliphatic carbocycles. The molecule has 8 heteroatoms. The van der Waals surface area contributed by atoms with E-state index >= 15 is 0 Å². The lowest BCUT2D eigenvalue weighted by Crippen LogP contribution is -2.38. The average molecular weight is 391 g/mol. The Kier molecular flexibility index (Phi) is 4.21. The normalized spacial score (nSPS) is 14.7. The van der Waals surface area contributed by atoms with Crippen molar-refractivity contribution in [2.45, 2.75) is 6.54 Å². The Morgan fingerprint density at radius 3 is 2.66 bits per heavy atom. The number of rotatable bonds is 3. The summed E-state index contributed by atoms with van der Waals surface area (Å²) in [6.07, 6.45) is 0. The van der Waals surface area contributed by atoms with E-state index in [1.165, 1.54) is 4.57 Å². The predicted octanol–water partition coefficient (Wildman–Crippen LogP) is 1.46. The van der Waals surface area contributed by atoms with Crippen LogP contribution >= 0.6 is 0 Å². The number of H-pyrrole nitrogens is 1. The number of nitrogens with zero attached hydrogens (tertiary/aromatic N) is 4. The number of fused-ring (bicyclic) bond motifs is 2. The zero-order valence-electron chi connectivity index (χ0n) is 16.1. The van der Waals surface area contributed by atoms with Gasteiger partial charge < -0.3 is 9.64 Å². The Hall–Kier alpha value is -3.39. The molecule has 0 saturated carbocycles. The summed E-state index contributed by atoms with van der Waals surface area (Å²) >= 11 is 0. The first-order valence-corrected chi connectivity index (χ1v) is 9.62. The highest BCUT2D eigenvalue weighted by atomic mass is 16.5. The number of hydrogen-bond acceptors (Lipinski definition) is 5. The molecular formula is C21H21N5O3. The Morgan fingerprint density at radius 1 is 1.07 bits per heavy atom. The van der Waals surface area contributed by atoms with Crippen LogP contribution in [-0.4, -0.2) is 45.4 Å². The van der Waals surface area contributed by atoms with Crippen molar-refractivity contribution in [2.75, 3.05) is 31.2 Å². The molecule has 3 heterocycles. The van der Waals surface area contributed by atoms with Crippen molar-refractivity contribution >= 4 is 27.9 Å². The summed E-state index contributed by atoms with van der Waals surface area (Å²) < 4.78 is 8.78. The van der Waals surface area contributed by atoms with E-state index in [0.29, 0.717) is 50.0 Å². The summed E-state index contributed by atoms with van der Waals surface area (Å²) in [5.74, 6) is 0.683. The fourth-order valence-corrected chi connectivity index (χ4v) is 3.98. The minimum Gasteiger partial charge on any atom is -0.378 e. The summed E-state index contributed by atoms with van der Waals surface area (Å²) in [5, 5.41) is 2.27. The van der Waals surface area contributed by atoms with Crippen molar-refractivity contribution in [2.24, 2.45) is 7.05 Å². The van der Waals surface area contributed by atoms with Gasteiger partial charge in [-0.1, -0.05) is 42.5 Å². The number of morpholine rings is 1. The highest BCUT2D eigenvalue weighted by molar-refractivity contribution is 5.86. The molecule has 1 fully saturated rings. The molecule has 4 aromatic rings. The third-order valence-electron chi connectivity index (χ3n) is 5.49. The van der Waals surface area contributed by atoms with Crippen LogP contribution in [0.1, 0.15) is 5.56 Å². The van der Waals surface area contributed by atoms with Crippen molar-refractivity contribution in [1.82, 2.24) is 19.1 Å². The zero-order valence-corrected chi connectivity index (χ0v) is 16.1. The first-order valence-electron chi connectivity index (χ1n) is 9.62. The number of aryl methyl sites for hydroxylation is 1. The van der Waals surface area contributed by atoms with Crippen LogP contribution in [0.2, 0.25) is 0 Å². The summed E-state index contributed by atoms with van der Waals surface area (Å²) in [4.78, 5) is 34.1. The van der Waals surface area contributed by atoms with E-state index in [9.17, 15) is 9.59 Å². The molecule has 0 unspecified atom stereocenters. The molecule has 0 bridgehead atoms. The van der Waals surface area contributed by atoms with E-state index < -0.39 is 11.2 Å². The van der Waals surface area contributed by atoms with Gasteiger partial charge in [-0.05, 0) is 16.3 Å². The highest BCUT2D eigenvalue weighted by Crippen LogP contribution is 2.25. The molecule has 5 rings (SSSR count). The molecule has 148 valence electrons. The van der Waals surface area contributed by atoms with Crippen LogP contribution in [0.15, 0.2) is 52.1 Å². The Bertz CT molecular complexity index is 1320. The Labute approximate surface area is 166 Å². The zero-order chi connectivity index (χ0) is 20.0. The standard InChI is InChI=1S/C21H21N5O3/c1-24-18-17(19(27)23-21(24)28)26(20(22-18)25-9-11-29-12-10-25)13-15-7-4-6-14-5-2-3-8-16(14)15/h2-8H,9-13H2,1H3,(H,23,27,28). The predicted molar refractivity (Wildman–Crippen MR) is 112 cm³/mol. The van der Waals surface area contributed by atoms with Gasteiger partial charge in [-0.2, -0.15) is 4.98 Å². The highest BCUT2D eigenvalue weighted by Gasteiger charge is 2.23. The number of nitrogens with one attached hydrogen (secondary N) is 1. The third kappa shape index (κ3) is 2.92. The smallest absolute Gasteiger partial charge is 0.329 e. The average Bonchev–Trinajstić information content (AvgIpc) is 3.13. The molecule has 8 nitrogen and oxygen atoms in total. The van der Waals surface area contributed by atoms with E-state index in [4.69, 9.17) is 9.72 Å². The van der Waals surface area contributed by atoms with Gasteiger partial charge in [0, 0.05) is 20.1 Å². The van der Waals surface area contributed by atoms with Crippen molar-refractivity contribution in [3.05, 3.63) is 68.9 Å². The van der Waals surface area contributed by atoms with E-state index in [0.717, 1.165) is 16.3 Å². The van der Waals surface area contributed by atoms with Gasteiger partial charge in [0.1, 0.15) is 0 Å². The molecule has 0 spiro atoms. The van der Waals surface area contributed by atoms with Gasteiger partial charge in [0.2, 0.25) is 5.95 Å². The number of benzene rings is 2. The molecule has 1 N–H and O–H groups in total. The molecule has 1 aliphatic rings. The number of aromatic nitrogens is 4. The van der Waals surface area contributed by atoms with Crippen LogP contribution in [-0.2, 0) is 18.3 Å². The monoisotopic (exact) mass is 391 g/mol. The molecule has 0 radical (unpaired) electrons. The minimum absolute atomic E-state index is 0.389. The quantitative estimate of drug-likeness (QED) is 0.572. The maximum absolute atomic E-state index is 12.7. The summed E-state index contributed by atoms with van der Waals surface area (Å²) in [6.45, 7) is 3.06. The lowest BCUT2D eigenvalue weighted by molar-refractivity contribution is 0.121. The number of hydrogen-bond donors (Lipinski definition) is 1. The van der Waals surface area contributed by atoms with Crippen LogP contribution in [0.25, 0.3) is 21.9 Å². The number of aromatic amines is 1. The molecule has 29 heavy (non-hydrogen) atoms. The van der Waals surface area contributed by atoms with Crippen LogP contribution < -0.4 is 16.1 Å². The number of ether oxygens (including phenoxy) is 1. The van der Waals surface area contributed by atoms with Gasteiger partial charge in [-0.3, -0.25) is 18.9 Å². The first kappa shape index (κ1) is 17.7. The van der Waals surface area contributed by atoms with Gasteiger partial charge in [-0.25, -0.2) is 4.79 Å². The SMILES string of the molecule is Cn1c(=O)[nH]c(=O)c2c1nc(N1CCOCC1)n2Cc1cccc2ccccc12. The van der Waals surface area contributed by atoms with Crippen LogP contribution in [0, 0.1) is 0 Å². The largest absolute Gasteiger partial charge is 0.378 e. The molecular weight excluding hydrogens is 370 g/mol. The second-order valence-corrected chi connectivity index (χ2v) is 7.23. The topological polar surface area (TPSA) is 85.2 Å². The third-order valence-corrected chi connectivity index (χ3v) is 5.49. The fraction of sp³-hybridized carbons (Fsp3) is 0.286. The van der Waals surface area contributed by atoms with E-state index in [1.54, 1.807) is 7.05 Å². The van der Waals surface area contributed by atoms with Gasteiger partial charge in [0.05, 0.1) is 19.8 Å². The van der Waals surface area contributed by atoms with Crippen molar-refractivity contribution in [3.8, 4) is 0 Å².